The number of hydrogen-bond donors (Lipinski definition) is 0. The van der Waals surface area contributed by atoms with Crippen molar-refractivity contribution in [2.24, 2.45) is 0 Å². The zero-order chi connectivity index (χ0) is 19.0. The Bertz CT molecular complexity index is 1190. The van der Waals surface area contributed by atoms with Crippen molar-refractivity contribution < 1.29 is 4.74 Å². The van der Waals surface area contributed by atoms with Crippen LogP contribution in [0, 0.1) is 13.8 Å². The van der Waals surface area contributed by atoms with Crippen LogP contribution in [-0.4, -0.2) is 23.3 Å². The van der Waals surface area contributed by atoms with Gasteiger partial charge < -0.3 is 4.74 Å². The highest BCUT2D eigenvalue weighted by atomic mass is 32.1. The number of methoxy groups -OCH3 is 1. The quantitative estimate of drug-likeness (QED) is 0.515. The fraction of sp³-hybridized carbons (Fsp3) is 0.273. The SMILES string of the molecule is COCCn1c(Cc2cccc3ccccc23)nc2sc(C)c(C)c2c1=O. The predicted octanol–water partition coefficient (Wildman–Crippen LogP) is 4.47. The highest BCUT2D eigenvalue weighted by molar-refractivity contribution is 7.18. The molecule has 0 aliphatic rings. The van der Waals surface area contributed by atoms with Gasteiger partial charge in [-0.05, 0) is 35.7 Å². The van der Waals surface area contributed by atoms with E-state index in [0.717, 1.165) is 26.5 Å². The molecule has 0 fully saturated rings. The van der Waals surface area contributed by atoms with Gasteiger partial charge in [0.15, 0.2) is 0 Å². The molecule has 0 saturated carbocycles. The second-order valence-corrected chi connectivity index (χ2v) is 7.96. The second kappa shape index (κ2) is 7.25. The Morgan fingerprint density at radius 1 is 1.11 bits per heavy atom. The van der Waals surface area contributed by atoms with Crippen LogP contribution in [0.15, 0.2) is 47.3 Å². The minimum Gasteiger partial charge on any atom is -0.383 e. The lowest BCUT2D eigenvalue weighted by molar-refractivity contribution is 0.185. The lowest BCUT2D eigenvalue weighted by atomic mass is 10.0. The molecule has 0 saturated heterocycles. The molecular formula is C22H22N2O2S. The van der Waals surface area contributed by atoms with Crippen LogP contribution in [0.4, 0.5) is 0 Å². The number of fused-ring (bicyclic) bond motifs is 2. The topological polar surface area (TPSA) is 44.1 Å². The molecule has 0 amide bonds. The van der Waals surface area contributed by atoms with E-state index in [-0.39, 0.29) is 5.56 Å². The van der Waals surface area contributed by atoms with Crippen LogP contribution in [0.3, 0.4) is 0 Å². The van der Waals surface area contributed by atoms with E-state index in [2.05, 4.69) is 30.3 Å². The highest BCUT2D eigenvalue weighted by Crippen LogP contribution is 2.27. The number of benzene rings is 2. The van der Waals surface area contributed by atoms with Crippen LogP contribution in [0.2, 0.25) is 0 Å². The maximum absolute atomic E-state index is 13.2. The fourth-order valence-electron chi connectivity index (χ4n) is 3.53. The zero-order valence-corrected chi connectivity index (χ0v) is 16.6. The van der Waals surface area contributed by atoms with Gasteiger partial charge in [-0.1, -0.05) is 42.5 Å². The molecule has 5 heteroatoms. The molecule has 0 radical (unpaired) electrons. The largest absolute Gasteiger partial charge is 0.383 e. The minimum absolute atomic E-state index is 0.0362. The molecule has 4 aromatic rings. The Morgan fingerprint density at radius 2 is 1.89 bits per heavy atom. The molecule has 2 aromatic heterocycles. The summed E-state index contributed by atoms with van der Waals surface area (Å²) in [6.45, 7) is 5.04. The normalized spacial score (nSPS) is 11.5. The van der Waals surface area contributed by atoms with Gasteiger partial charge in [0, 0.05) is 18.4 Å². The molecule has 0 spiro atoms. The first-order valence-electron chi connectivity index (χ1n) is 9.05. The highest BCUT2D eigenvalue weighted by Gasteiger charge is 2.17. The molecule has 0 unspecified atom stereocenters. The van der Waals surface area contributed by atoms with Gasteiger partial charge in [0.05, 0.1) is 18.5 Å². The molecule has 0 aliphatic heterocycles. The number of aromatic nitrogens is 2. The number of thiophene rings is 1. The number of rotatable bonds is 5. The third-order valence-electron chi connectivity index (χ3n) is 5.12. The average Bonchev–Trinajstić information content (AvgIpc) is 2.96. The van der Waals surface area contributed by atoms with Crippen molar-refractivity contribution in [3.05, 3.63) is 74.6 Å². The fourth-order valence-corrected chi connectivity index (χ4v) is 4.57. The molecule has 2 aromatic carbocycles. The Kier molecular flexibility index (Phi) is 4.81. The summed E-state index contributed by atoms with van der Waals surface area (Å²) in [5.74, 6) is 0.794. The van der Waals surface area contributed by atoms with Crippen LogP contribution in [0.5, 0.6) is 0 Å². The van der Waals surface area contributed by atoms with E-state index in [1.807, 2.05) is 26.0 Å². The van der Waals surface area contributed by atoms with Crippen LogP contribution in [0.25, 0.3) is 21.0 Å². The lowest BCUT2D eigenvalue weighted by Crippen LogP contribution is -2.27. The van der Waals surface area contributed by atoms with Crippen LogP contribution in [0.1, 0.15) is 21.8 Å². The Balaban J connectivity index is 1.90. The van der Waals surface area contributed by atoms with Crippen molar-refractivity contribution in [1.82, 2.24) is 9.55 Å². The van der Waals surface area contributed by atoms with E-state index < -0.39 is 0 Å². The summed E-state index contributed by atoms with van der Waals surface area (Å²) >= 11 is 1.60. The summed E-state index contributed by atoms with van der Waals surface area (Å²) in [4.78, 5) is 20.1. The lowest BCUT2D eigenvalue weighted by Gasteiger charge is -2.13. The minimum atomic E-state index is 0.0362. The summed E-state index contributed by atoms with van der Waals surface area (Å²) in [5, 5.41) is 3.14. The number of nitrogens with zero attached hydrogens (tertiary/aromatic N) is 2. The Labute approximate surface area is 162 Å². The summed E-state index contributed by atoms with van der Waals surface area (Å²) in [5.41, 5.74) is 2.25. The summed E-state index contributed by atoms with van der Waals surface area (Å²) in [6, 6.07) is 14.6. The molecular weight excluding hydrogens is 356 g/mol. The zero-order valence-electron chi connectivity index (χ0n) is 15.8. The van der Waals surface area contributed by atoms with Crippen molar-refractivity contribution in [3.63, 3.8) is 0 Å². The van der Waals surface area contributed by atoms with E-state index in [0.29, 0.717) is 19.6 Å². The van der Waals surface area contributed by atoms with Gasteiger partial charge in [-0.15, -0.1) is 11.3 Å². The molecule has 0 atom stereocenters. The van der Waals surface area contributed by atoms with Gasteiger partial charge in [-0.3, -0.25) is 9.36 Å². The third kappa shape index (κ3) is 3.17. The molecule has 138 valence electrons. The summed E-state index contributed by atoms with van der Waals surface area (Å²) in [6.07, 6.45) is 0.617. The van der Waals surface area contributed by atoms with E-state index in [9.17, 15) is 4.79 Å². The van der Waals surface area contributed by atoms with Gasteiger partial charge in [0.1, 0.15) is 10.7 Å². The van der Waals surface area contributed by atoms with Crippen LogP contribution in [-0.2, 0) is 17.7 Å². The van der Waals surface area contributed by atoms with Crippen molar-refractivity contribution in [2.75, 3.05) is 13.7 Å². The standard InChI is InChI=1S/C22H22N2O2S/c1-14-15(2)27-21-20(14)22(25)24(11-12-26-3)19(23-21)13-17-9-6-8-16-7-4-5-10-18(16)17/h4-10H,11-13H2,1-3H3. The first kappa shape index (κ1) is 17.9. The molecule has 0 bridgehead atoms. The summed E-state index contributed by atoms with van der Waals surface area (Å²) in [7, 11) is 1.65. The van der Waals surface area contributed by atoms with Crippen LogP contribution < -0.4 is 5.56 Å². The smallest absolute Gasteiger partial charge is 0.262 e. The third-order valence-corrected chi connectivity index (χ3v) is 6.22. The second-order valence-electron chi connectivity index (χ2n) is 6.76. The Morgan fingerprint density at radius 3 is 2.70 bits per heavy atom. The van der Waals surface area contributed by atoms with E-state index in [1.54, 1.807) is 23.0 Å². The molecule has 4 nitrogen and oxygen atoms in total. The van der Waals surface area contributed by atoms with Crippen molar-refractivity contribution in [2.45, 2.75) is 26.8 Å². The molecule has 0 aliphatic carbocycles. The monoisotopic (exact) mass is 378 g/mol. The van der Waals surface area contributed by atoms with Gasteiger partial charge >= 0.3 is 0 Å². The van der Waals surface area contributed by atoms with E-state index in [1.165, 1.54) is 16.3 Å². The van der Waals surface area contributed by atoms with Gasteiger partial charge in [0.25, 0.3) is 5.56 Å². The first-order chi connectivity index (χ1) is 13.1. The van der Waals surface area contributed by atoms with Crippen molar-refractivity contribution in [3.8, 4) is 0 Å². The number of hydrogen-bond acceptors (Lipinski definition) is 4. The Hall–Kier alpha value is -2.50. The molecule has 4 rings (SSSR count). The van der Waals surface area contributed by atoms with Gasteiger partial charge in [-0.25, -0.2) is 4.98 Å². The maximum atomic E-state index is 13.2. The van der Waals surface area contributed by atoms with Crippen molar-refractivity contribution >= 4 is 32.3 Å². The predicted molar refractivity (Wildman–Crippen MR) is 112 cm³/mol. The average molecular weight is 378 g/mol. The van der Waals surface area contributed by atoms with E-state index >= 15 is 0 Å². The summed E-state index contributed by atoms with van der Waals surface area (Å²) < 4.78 is 7.02. The van der Waals surface area contributed by atoms with E-state index in [4.69, 9.17) is 9.72 Å². The van der Waals surface area contributed by atoms with Crippen molar-refractivity contribution in [1.29, 1.82) is 0 Å². The molecule has 0 N–H and O–H groups in total. The first-order valence-corrected chi connectivity index (χ1v) is 9.86. The number of aryl methyl sites for hydroxylation is 2. The maximum Gasteiger partial charge on any atom is 0.262 e. The molecule has 27 heavy (non-hydrogen) atoms. The van der Waals surface area contributed by atoms with Gasteiger partial charge in [-0.2, -0.15) is 0 Å². The van der Waals surface area contributed by atoms with Crippen LogP contribution >= 0.6 is 11.3 Å². The number of ether oxygens (including phenoxy) is 1. The molecule has 2 heterocycles. The van der Waals surface area contributed by atoms with Gasteiger partial charge in [0.2, 0.25) is 0 Å².